The molecule has 1 aromatic carbocycles. The number of halogens is 3. The molecule has 0 fully saturated rings. The minimum Gasteiger partial charge on any atom is -0.724 e. The molecule has 1 heterocycles. The van der Waals surface area contributed by atoms with Crippen LogP contribution in [0.4, 0.5) is 13.2 Å². The van der Waals surface area contributed by atoms with Crippen LogP contribution in [0.15, 0.2) is 30.3 Å². The summed E-state index contributed by atoms with van der Waals surface area (Å²) >= 11 is 0. The molecule has 0 aliphatic rings. The average Bonchev–Trinajstić information content (AvgIpc) is 2.68. The highest BCUT2D eigenvalue weighted by atomic mass is 32.2. The number of rotatable bonds is 1. The van der Waals surface area contributed by atoms with Crippen LogP contribution in [0.1, 0.15) is 24.6 Å². The first-order valence-corrected chi connectivity index (χ1v) is 6.68. The van der Waals surface area contributed by atoms with Crippen LogP contribution in [-0.4, -0.2) is 6.08 Å². The number of alkyl halides is 3. The van der Waals surface area contributed by atoms with Gasteiger partial charge < -0.3 is 5.41 Å². The van der Waals surface area contributed by atoms with Gasteiger partial charge in [0.2, 0.25) is 0 Å². The van der Waals surface area contributed by atoms with E-state index in [9.17, 15) is 13.2 Å². The van der Waals surface area contributed by atoms with Crippen molar-refractivity contribution in [2.75, 3.05) is 0 Å². The molecule has 0 amide bonds. The van der Waals surface area contributed by atoms with E-state index in [1.807, 2.05) is 13.8 Å². The number of fused-ring (bicyclic) bond motifs is 1. The predicted molar refractivity (Wildman–Crippen MR) is 70.9 cm³/mol. The average molecular weight is 287 g/mol. The van der Waals surface area contributed by atoms with Gasteiger partial charge in [0.15, 0.2) is 9.58 Å². The summed E-state index contributed by atoms with van der Waals surface area (Å²) in [5.74, 6) is -0.0719. The van der Waals surface area contributed by atoms with Crippen molar-refractivity contribution in [1.82, 2.24) is 0 Å². The molecule has 2 rings (SSSR count). The first kappa shape index (κ1) is 15.4. The standard InChI is InChI=1S/C12H12F3S.CNO/c1-8(2)11-7-9-5-3-4-6-10(9)16(11)12(13,14)15;2-1-3/h3-8H,1-2H3;/q+1;-1. The molecule has 2 aromatic rings. The first-order chi connectivity index (χ1) is 8.82. The fourth-order valence-electron chi connectivity index (χ4n) is 1.79. The lowest BCUT2D eigenvalue weighted by Crippen LogP contribution is -1.99. The van der Waals surface area contributed by atoms with Gasteiger partial charge in [-0.1, -0.05) is 26.0 Å². The third kappa shape index (κ3) is 3.43. The Kier molecular flexibility index (Phi) is 4.86. The monoisotopic (exact) mass is 287 g/mol. The quantitative estimate of drug-likeness (QED) is 0.409. The molecule has 1 atom stereocenters. The van der Waals surface area contributed by atoms with Gasteiger partial charge in [-0.05, 0) is 18.2 Å². The third-order valence-electron chi connectivity index (χ3n) is 2.47. The topological polar surface area (TPSA) is 39.4 Å². The molecule has 6 heteroatoms. The van der Waals surface area contributed by atoms with E-state index < -0.39 is 16.0 Å². The lowest BCUT2D eigenvalue weighted by molar-refractivity contribution is -0.0868. The molecule has 0 spiro atoms. The Morgan fingerprint density at radius 3 is 2.26 bits per heavy atom. The van der Waals surface area contributed by atoms with Crippen molar-refractivity contribution >= 4 is 26.6 Å². The first-order valence-electron chi connectivity index (χ1n) is 5.46. The van der Waals surface area contributed by atoms with Gasteiger partial charge in [0.25, 0.3) is 0 Å². The van der Waals surface area contributed by atoms with Crippen molar-refractivity contribution in [3.8, 4) is 0 Å². The van der Waals surface area contributed by atoms with Crippen molar-refractivity contribution in [3.05, 3.63) is 40.6 Å². The van der Waals surface area contributed by atoms with Crippen LogP contribution in [0.5, 0.6) is 0 Å². The number of isocyanates is 1. The van der Waals surface area contributed by atoms with E-state index >= 15 is 0 Å². The largest absolute Gasteiger partial charge is 0.724 e. The van der Waals surface area contributed by atoms with Crippen LogP contribution in [-0.2, 0) is 10.3 Å². The second kappa shape index (κ2) is 5.99. The summed E-state index contributed by atoms with van der Waals surface area (Å²) in [5, 5.41) is 7.48. The Morgan fingerprint density at radius 2 is 1.79 bits per heavy atom. The number of hydrogen-bond donors (Lipinski definition) is 0. The zero-order valence-corrected chi connectivity index (χ0v) is 11.2. The van der Waals surface area contributed by atoms with Crippen molar-refractivity contribution in [2.45, 2.75) is 25.3 Å². The van der Waals surface area contributed by atoms with E-state index in [2.05, 4.69) is 0 Å². The fourth-order valence-corrected chi connectivity index (χ4v) is 3.85. The highest BCUT2D eigenvalue weighted by Crippen LogP contribution is 2.52. The molecule has 19 heavy (non-hydrogen) atoms. The number of thiophene rings is 1. The molecule has 0 saturated carbocycles. The maximum atomic E-state index is 13.0. The number of nitrogens with zero attached hydrogens (tertiary/aromatic N) is 1. The Labute approximate surface area is 111 Å². The fraction of sp³-hybridized carbons (Fsp3) is 0.308. The van der Waals surface area contributed by atoms with Crippen molar-refractivity contribution < 1.29 is 18.0 Å². The predicted octanol–water partition coefficient (Wildman–Crippen LogP) is 5.08. The maximum absolute atomic E-state index is 13.0. The van der Waals surface area contributed by atoms with Gasteiger partial charge in [-0.3, -0.25) is 4.79 Å². The lowest BCUT2D eigenvalue weighted by Gasteiger charge is -2.01. The van der Waals surface area contributed by atoms with Gasteiger partial charge in [0.1, 0.15) is 0 Å². The van der Waals surface area contributed by atoms with E-state index in [-0.39, 0.29) is 5.92 Å². The highest BCUT2D eigenvalue weighted by molar-refractivity contribution is 7.38. The van der Waals surface area contributed by atoms with E-state index in [0.717, 1.165) is 0 Å². The van der Waals surface area contributed by atoms with Crippen LogP contribution >= 0.6 is 10.5 Å². The Hall–Kier alpha value is -1.65. The molecule has 0 N–H and O–H groups in total. The van der Waals surface area contributed by atoms with Gasteiger partial charge in [-0.15, -0.1) is 13.2 Å². The summed E-state index contributed by atoms with van der Waals surface area (Å²) in [5.41, 5.74) is -4.16. The summed E-state index contributed by atoms with van der Waals surface area (Å²) in [6, 6.07) is 8.46. The lowest BCUT2D eigenvalue weighted by atomic mass is 10.1. The highest BCUT2D eigenvalue weighted by Gasteiger charge is 2.48. The molecular formula is C13H12F3NOS. The van der Waals surface area contributed by atoms with Crippen molar-refractivity contribution in [3.63, 3.8) is 0 Å². The van der Waals surface area contributed by atoms with Crippen LogP contribution < -0.4 is 0 Å². The van der Waals surface area contributed by atoms with Crippen LogP contribution in [0.3, 0.4) is 0 Å². The molecule has 102 valence electrons. The van der Waals surface area contributed by atoms with Crippen molar-refractivity contribution in [2.24, 2.45) is 0 Å². The molecule has 0 aliphatic heterocycles. The zero-order chi connectivity index (χ0) is 14.6. The van der Waals surface area contributed by atoms with E-state index in [1.165, 1.54) is 0 Å². The molecule has 1 aromatic heterocycles. The normalized spacial score (nSPS) is 12.0. The molecule has 1 unspecified atom stereocenters. The number of hydrogen-bond acceptors (Lipinski definition) is 1. The van der Waals surface area contributed by atoms with Gasteiger partial charge >= 0.3 is 5.51 Å². The van der Waals surface area contributed by atoms with Crippen LogP contribution in [0.25, 0.3) is 15.5 Å². The second-order valence-corrected chi connectivity index (χ2v) is 6.07. The Bertz CT molecular complexity index is 595. The van der Waals surface area contributed by atoms with E-state index in [4.69, 9.17) is 10.2 Å². The summed E-state index contributed by atoms with van der Waals surface area (Å²) in [6.07, 6.45) is 0.500. The van der Waals surface area contributed by atoms with Gasteiger partial charge in [-0.25, -0.2) is 0 Å². The summed E-state index contributed by atoms with van der Waals surface area (Å²) in [7, 11) is -1.73. The molecule has 0 aliphatic carbocycles. The summed E-state index contributed by atoms with van der Waals surface area (Å²) < 4.78 is 39.5. The second-order valence-electron chi connectivity index (χ2n) is 4.08. The SMILES string of the molecule is CC(C)c1cc2ccccc2[s+]1C(F)(F)F.[N-]=C=O. The Morgan fingerprint density at radius 1 is 1.26 bits per heavy atom. The molecule has 2 nitrogen and oxygen atoms in total. The van der Waals surface area contributed by atoms with Gasteiger partial charge in [0, 0.05) is 17.4 Å². The number of benzene rings is 1. The smallest absolute Gasteiger partial charge is 0.600 e. The van der Waals surface area contributed by atoms with Crippen molar-refractivity contribution in [1.29, 1.82) is 0 Å². The Balaban J connectivity index is 0.000000550. The molecule has 0 radical (unpaired) electrons. The van der Waals surface area contributed by atoms with Crippen LogP contribution in [0, 0.1) is 0 Å². The summed E-state index contributed by atoms with van der Waals surface area (Å²) in [4.78, 5) is 8.73. The van der Waals surface area contributed by atoms with E-state index in [0.29, 0.717) is 21.0 Å². The van der Waals surface area contributed by atoms with Gasteiger partial charge in [0.05, 0.1) is 10.5 Å². The van der Waals surface area contributed by atoms with Crippen LogP contribution in [0.2, 0.25) is 0 Å². The maximum Gasteiger partial charge on any atom is 0.600 e. The molecule has 0 saturated heterocycles. The third-order valence-corrected chi connectivity index (χ3v) is 4.81. The zero-order valence-electron chi connectivity index (χ0n) is 10.4. The summed E-state index contributed by atoms with van der Waals surface area (Å²) in [6.45, 7) is 3.62. The molecular weight excluding hydrogens is 275 g/mol. The minimum absolute atomic E-state index is 0.0719. The minimum atomic E-state index is -4.16. The van der Waals surface area contributed by atoms with Gasteiger partial charge in [-0.2, -0.15) is 0 Å². The number of carbonyl (C=O) groups excluding carboxylic acids is 1. The van der Waals surface area contributed by atoms with E-state index in [1.54, 1.807) is 30.3 Å². The molecule has 0 bridgehead atoms.